The van der Waals surface area contributed by atoms with E-state index in [-0.39, 0.29) is 17.2 Å². The van der Waals surface area contributed by atoms with Crippen LogP contribution in [0.2, 0.25) is 0 Å². The SMILES string of the molecule is CC(C)(C)c1cc(C(=N)N=C2NCCN2)ccc1Nc1cc(C(=O)NCCC2CCOCC2)ccn1. The number of pyridine rings is 1. The molecular weight excluding hydrogens is 454 g/mol. The van der Waals surface area contributed by atoms with Crippen LogP contribution in [0.5, 0.6) is 0 Å². The number of hydrogen-bond acceptors (Lipinski definition) is 5. The molecule has 0 bridgehead atoms. The van der Waals surface area contributed by atoms with Crippen LogP contribution in [0.25, 0.3) is 0 Å². The Morgan fingerprint density at radius 3 is 2.61 bits per heavy atom. The van der Waals surface area contributed by atoms with Gasteiger partial charge in [0.05, 0.1) is 0 Å². The molecule has 2 saturated heterocycles. The Kier molecular flexibility index (Phi) is 8.20. The van der Waals surface area contributed by atoms with E-state index in [1.165, 1.54) is 0 Å². The summed E-state index contributed by atoms with van der Waals surface area (Å²) in [5.41, 5.74) is 3.04. The lowest BCUT2D eigenvalue weighted by atomic mass is 9.84. The molecule has 2 fully saturated rings. The maximum Gasteiger partial charge on any atom is 0.251 e. The molecule has 2 aliphatic rings. The lowest BCUT2D eigenvalue weighted by Gasteiger charge is -2.24. The minimum absolute atomic E-state index is 0.0967. The Hall–Kier alpha value is -3.46. The van der Waals surface area contributed by atoms with Gasteiger partial charge in [-0.25, -0.2) is 4.98 Å². The number of anilines is 2. The van der Waals surface area contributed by atoms with Crippen molar-refractivity contribution in [2.75, 3.05) is 38.2 Å². The van der Waals surface area contributed by atoms with Gasteiger partial charge < -0.3 is 26.0 Å². The number of nitrogens with one attached hydrogen (secondary N) is 5. The molecule has 0 aliphatic carbocycles. The molecule has 1 amide bonds. The van der Waals surface area contributed by atoms with Gasteiger partial charge in [0.2, 0.25) is 0 Å². The van der Waals surface area contributed by atoms with Crippen molar-refractivity contribution < 1.29 is 9.53 Å². The topological polar surface area (TPSA) is 124 Å². The number of nitrogens with zero attached hydrogens (tertiary/aromatic N) is 2. The van der Waals surface area contributed by atoms with Gasteiger partial charge in [-0.2, -0.15) is 4.99 Å². The molecule has 192 valence electrons. The zero-order chi connectivity index (χ0) is 25.5. The molecule has 0 atom stereocenters. The Morgan fingerprint density at radius 1 is 1.14 bits per heavy atom. The summed E-state index contributed by atoms with van der Waals surface area (Å²) >= 11 is 0. The van der Waals surface area contributed by atoms with Crippen LogP contribution in [0, 0.1) is 11.3 Å². The summed E-state index contributed by atoms with van der Waals surface area (Å²) in [5, 5.41) is 21.1. The van der Waals surface area contributed by atoms with E-state index < -0.39 is 0 Å². The van der Waals surface area contributed by atoms with Gasteiger partial charge in [0.15, 0.2) is 11.8 Å². The monoisotopic (exact) mass is 491 g/mol. The number of carbonyl (C=O) groups is 1. The summed E-state index contributed by atoms with van der Waals surface area (Å²) in [6.45, 7) is 10.3. The van der Waals surface area contributed by atoms with Crippen LogP contribution in [0.3, 0.4) is 0 Å². The highest BCUT2D eigenvalue weighted by molar-refractivity contribution is 6.05. The quantitative estimate of drug-likeness (QED) is 0.298. The normalized spacial score (nSPS) is 16.1. The minimum Gasteiger partial charge on any atom is -0.381 e. The molecule has 9 nitrogen and oxygen atoms in total. The van der Waals surface area contributed by atoms with Crippen molar-refractivity contribution in [3.8, 4) is 0 Å². The number of carbonyl (C=O) groups excluding carboxylic acids is 1. The van der Waals surface area contributed by atoms with Gasteiger partial charge in [-0.1, -0.05) is 20.8 Å². The Bertz CT molecular complexity index is 1110. The number of aromatic nitrogens is 1. The number of amidine groups is 1. The molecule has 5 N–H and O–H groups in total. The molecule has 0 saturated carbocycles. The second-order valence-corrected chi connectivity index (χ2v) is 10.3. The van der Waals surface area contributed by atoms with E-state index in [1.54, 1.807) is 18.3 Å². The predicted molar refractivity (Wildman–Crippen MR) is 143 cm³/mol. The van der Waals surface area contributed by atoms with Crippen molar-refractivity contribution in [1.82, 2.24) is 20.9 Å². The molecule has 1 aromatic carbocycles. The molecule has 2 aromatic rings. The molecule has 9 heteroatoms. The molecule has 36 heavy (non-hydrogen) atoms. The van der Waals surface area contributed by atoms with E-state index in [2.05, 4.69) is 52.0 Å². The molecular formula is C27H37N7O2. The summed E-state index contributed by atoms with van der Waals surface area (Å²) < 4.78 is 5.41. The molecule has 2 aliphatic heterocycles. The van der Waals surface area contributed by atoms with E-state index >= 15 is 0 Å². The number of ether oxygens (including phenoxy) is 1. The first-order valence-corrected chi connectivity index (χ1v) is 12.7. The van der Waals surface area contributed by atoms with Crippen molar-refractivity contribution >= 4 is 29.2 Å². The average Bonchev–Trinajstić information content (AvgIpc) is 3.37. The fourth-order valence-electron chi connectivity index (χ4n) is 4.41. The smallest absolute Gasteiger partial charge is 0.251 e. The van der Waals surface area contributed by atoms with E-state index in [9.17, 15) is 4.79 Å². The second kappa shape index (κ2) is 11.5. The van der Waals surface area contributed by atoms with Crippen molar-refractivity contribution in [3.05, 3.63) is 53.2 Å². The standard InChI is InChI=1S/C27H37N7O2/c1-27(2,3)21-16-19(24(28)34-26-31-12-13-32-26)4-5-22(21)33-23-17-20(7-11-29-23)25(35)30-10-6-18-8-14-36-15-9-18/h4-5,7,11,16-18H,6,8-10,12-15H2,1-3H3,(H,29,33)(H,30,35)(H3,28,31,32,34). The third kappa shape index (κ3) is 6.81. The van der Waals surface area contributed by atoms with E-state index in [0.717, 1.165) is 62.4 Å². The fraction of sp³-hybridized carbons (Fsp3) is 0.481. The van der Waals surface area contributed by atoms with E-state index in [0.29, 0.717) is 29.8 Å². The van der Waals surface area contributed by atoms with Crippen LogP contribution in [-0.2, 0) is 10.2 Å². The minimum atomic E-state index is -0.186. The van der Waals surface area contributed by atoms with Gasteiger partial charge in [0.25, 0.3) is 5.91 Å². The first-order valence-electron chi connectivity index (χ1n) is 12.7. The summed E-state index contributed by atoms with van der Waals surface area (Å²) in [7, 11) is 0. The van der Waals surface area contributed by atoms with Crippen LogP contribution in [0.4, 0.5) is 11.5 Å². The maximum absolute atomic E-state index is 12.7. The first kappa shape index (κ1) is 25.6. The van der Waals surface area contributed by atoms with Gasteiger partial charge >= 0.3 is 0 Å². The molecule has 1 aromatic heterocycles. The molecule has 0 radical (unpaired) electrons. The number of rotatable bonds is 7. The molecule has 4 rings (SSSR count). The highest BCUT2D eigenvalue weighted by atomic mass is 16.5. The van der Waals surface area contributed by atoms with Crippen LogP contribution in [0.15, 0.2) is 41.5 Å². The van der Waals surface area contributed by atoms with E-state index in [1.807, 2.05) is 18.2 Å². The lowest BCUT2D eigenvalue weighted by molar-refractivity contribution is 0.0636. The Morgan fingerprint density at radius 2 is 1.89 bits per heavy atom. The number of amides is 1. The largest absolute Gasteiger partial charge is 0.381 e. The van der Waals surface area contributed by atoms with Crippen molar-refractivity contribution in [1.29, 1.82) is 5.41 Å². The highest BCUT2D eigenvalue weighted by Gasteiger charge is 2.21. The fourth-order valence-corrected chi connectivity index (χ4v) is 4.41. The third-order valence-electron chi connectivity index (χ3n) is 6.50. The number of benzene rings is 1. The van der Waals surface area contributed by atoms with Gasteiger partial charge in [0.1, 0.15) is 5.82 Å². The van der Waals surface area contributed by atoms with Crippen LogP contribution in [0.1, 0.15) is 61.5 Å². The molecule has 0 unspecified atom stereocenters. The molecule has 3 heterocycles. The van der Waals surface area contributed by atoms with Gasteiger partial charge in [-0.05, 0) is 66.5 Å². The van der Waals surface area contributed by atoms with Gasteiger partial charge in [-0.15, -0.1) is 0 Å². The Balaban J connectivity index is 1.45. The van der Waals surface area contributed by atoms with E-state index in [4.69, 9.17) is 10.1 Å². The van der Waals surface area contributed by atoms with Crippen LogP contribution in [-0.4, -0.2) is 55.5 Å². The third-order valence-corrected chi connectivity index (χ3v) is 6.50. The average molecular weight is 492 g/mol. The van der Waals surface area contributed by atoms with Crippen LogP contribution >= 0.6 is 0 Å². The summed E-state index contributed by atoms with van der Waals surface area (Å²) in [6.07, 6.45) is 4.75. The number of aliphatic imine (C=N–C) groups is 1. The van der Waals surface area contributed by atoms with Crippen LogP contribution < -0.4 is 21.3 Å². The van der Waals surface area contributed by atoms with Crippen molar-refractivity contribution in [3.63, 3.8) is 0 Å². The predicted octanol–water partition coefficient (Wildman–Crippen LogP) is 3.54. The van der Waals surface area contributed by atoms with Gasteiger partial charge in [0, 0.05) is 55.9 Å². The first-order chi connectivity index (χ1) is 17.3. The zero-order valence-electron chi connectivity index (χ0n) is 21.4. The summed E-state index contributed by atoms with van der Waals surface area (Å²) in [4.78, 5) is 21.5. The number of hydrogen-bond donors (Lipinski definition) is 5. The zero-order valence-corrected chi connectivity index (χ0v) is 21.4. The summed E-state index contributed by atoms with van der Waals surface area (Å²) in [6, 6.07) is 9.33. The number of guanidine groups is 1. The van der Waals surface area contributed by atoms with Crippen molar-refractivity contribution in [2.24, 2.45) is 10.9 Å². The van der Waals surface area contributed by atoms with Crippen molar-refractivity contribution in [2.45, 2.75) is 45.4 Å². The summed E-state index contributed by atoms with van der Waals surface area (Å²) in [5.74, 6) is 1.94. The second-order valence-electron chi connectivity index (χ2n) is 10.3. The molecule has 0 spiro atoms. The lowest BCUT2D eigenvalue weighted by Crippen LogP contribution is -2.27. The maximum atomic E-state index is 12.7. The van der Waals surface area contributed by atoms with Gasteiger partial charge in [-0.3, -0.25) is 10.2 Å². The Labute approximate surface area is 213 Å². The highest BCUT2D eigenvalue weighted by Crippen LogP contribution is 2.32.